The van der Waals surface area contributed by atoms with Crippen LogP contribution in [0.25, 0.3) is 0 Å². The van der Waals surface area contributed by atoms with Crippen molar-refractivity contribution in [3.63, 3.8) is 0 Å². The van der Waals surface area contributed by atoms with Gasteiger partial charge >= 0.3 is 0 Å². The Morgan fingerprint density at radius 3 is 2.47 bits per heavy atom. The lowest BCUT2D eigenvalue weighted by molar-refractivity contribution is -0.0652. The lowest BCUT2D eigenvalue weighted by Gasteiger charge is -2.34. The summed E-state index contributed by atoms with van der Waals surface area (Å²) >= 11 is 0. The van der Waals surface area contributed by atoms with E-state index in [2.05, 4.69) is 0 Å². The number of hydrogen-bond donors (Lipinski definition) is 2. The Morgan fingerprint density at radius 2 is 1.89 bits per heavy atom. The molecule has 0 radical (unpaired) electrons. The minimum absolute atomic E-state index is 0.0726. The summed E-state index contributed by atoms with van der Waals surface area (Å²) in [5.74, 6) is -0.559. The molecule has 5 heteroatoms. The number of ether oxygens (including phenoxy) is 1. The van der Waals surface area contributed by atoms with Crippen molar-refractivity contribution in [2.75, 3.05) is 19.6 Å². The van der Waals surface area contributed by atoms with E-state index in [1.807, 2.05) is 18.7 Å². The minimum Gasteiger partial charge on any atom is -0.504 e. The largest absolute Gasteiger partial charge is 0.504 e. The molecule has 0 spiro atoms. The maximum atomic E-state index is 12.1. The monoisotopic (exact) mass is 265 g/mol. The smallest absolute Gasteiger partial charge is 0.176 e. The number of carbonyl (C=O) groups excluding carboxylic acids is 1. The zero-order chi connectivity index (χ0) is 14.0. The van der Waals surface area contributed by atoms with Crippen LogP contribution in [0.5, 0.6) is 11.5 Å². The molecule has 0 amide bonds. The number of ketones is 1. The Morgan fingerprint density at radius 1 is 1.26 bits per heavy atom. The molecule has 2 N–H and O–H groups in total. The predicted molar refractivity (Wildman–Crippen MR) is 70.6 cm³/mol. The minimum atomic E-state index is -0.269. The molecule has 1 aromatic rings. The van der Waals surface area contributed by atoms with Gasteiger partial charge < -0.3 is 14.9 Å². The number of benzene rings is 1. The standard InChI is InChI=1S/C14H19NO4/c1-9-6-15(7-10(2)19-9)8-14(18)11-3-4-12(16)13(17)5-11/h3-5,9-10,16-17H,6-8H2,1-2H3/t9-,10+. The van der Waals surface area contributed by atoms with Gasteiger partial charge in [-0.25, -0.2) is 0 Å². The second-order valence-electron chi connectivity index (χ2n) is 5.08. The summed E-state index contributed by atoms with van der Waals surface area (Å²) in [7, 11) is 0. The summed E-state index contributed by atoms with van der Waals surface area (Å²) in [5.41, 5.74) is 0.405. The van der Waals surface area contributed by atoms with Gasteiger partial charge in [-0.2, -0.15) is 0 Å². The van der Waals surface area contributed by atoms with E-state index in [1.54, 1.807) is 0 Å². The molecule has 104 valence electrons. The van der Waals surface area contributed by atoms with Gasteiger partial charge in [0, 0.05) is 18.7 Å². The highest BCUT2D eigenvalue weighted by Gasteiger charge is 2.24. The van der Waals surface area contributed by atoms with Crippen LogP contribution in [0.15, 0.2) is 18.2 Å². The molecule has 1 saturated heterocycles. The molecule has 1 heterocycles. The van der Waals surface area contributed by atoms with E-state index in [0.29, 0.717) is 12.1 Å². The molecule has 2 rings (SSSR count). The third kappa shape index (κ3) is 3.45. The molecule has 0 unspecified atom stereocenters. The van der Waals surface area contributed by atoms with Crippen LogP contribution in [0.4, 0.5) is 0 Å². The van der Waals surface area contributed by atoms with Crippen molar-refractivity contribution < 1.29 is 19.7 Å². The Bertz CT molecular complexity index is 465. The summed E-state index contributed by atoms with van der Waals surface area (Å²) in [6, 6.07) is 4.14. The van der Waals surface area contributed by atoms with Crippen molar-refractivity contribution in [2.45, 2.75) is 26.1 Å². The van der Waals surface area contributed by atoms with Gasteiger partial charge in [0.05, 0.1) is 18.8 Å². The maximum Gasteiger partial charge on any atom is 0.176 e. The molecule has 19 heavy (non-hydrogen) atoms. The van der Waals surface area contributed by atoms with E-state index in [0.717, 1.165) is 13.1 Å². The fraction of sp³-hybridized carbons (Fsp3) is 0.500. The number of hydrogen-bond acceptors (Lipinski definition) is 5. The highest BCUT2D eigenvalue weighted by atomic mass is 16.5. The third-order valence-electron chi connectivity index (χ3n) is 3.16. The van der Waals surface area contributed by atoms with Crippen LogP contribution in [0.1, 0.15) is 24.2 Å². The molecule has 1 aliphatic heterocycles. The molecule has 0 aromatic heterocycles. The molecule has 5 nitrogen and oxygen atoms in total. The predicted octanol–water partition coefficient (Wildman–Crippen LogP) is 1.39. The van der Waals surface area contributed by atoms with Crippen LogP contribution in [-0.2, 0) is 4.74 Å². The van der Waals surface area contributed by atoms with Crippen molar-refractivity contribution in [1.82, 2.24) is 4.90 Å². The fourth-order valence-corrected chi connectivity index (χ4v) is 2.40. The highest BCUT2D eigenvalue weighted by molar-refractivity contribution is 5.98. The lowest BCUT2D eigenvalue weighted by Crippen LogP contribution is -2.47. The highest BCUT2D eigenvalue weighted by Crippen LogP contribution is 2.25. The first-order chi connectivity index (χ1) is 8.95. The normalized spacial score (nSPS) is 24.3. The fourth-order valence-electron chi connectivity index (χ4n) is 2.40. The van der Waals surface area contributed by atoms with Crippen molar-refractivity contribution in [3.8, 4) is 11.5 Å². The molecule has 1 fully saturated rings. The number of Topliss-reactive ketones (excluding diaryl/α,β-unsaturated/α-hetero) is 1. The molecule has 0 aliphatic carbocycles. The number of phenols is 2. The first-order valence-corrected chi connectivity index (χ1v) is 6.38. The van der Waals surface area contributed by atoms with Crippen LogP contribution in [0.2, 0.25) is 0 Å². The average Bonchev–Trinajstić information content (AvgIpc) is 2.31. The Labute approximate surface area is 112 Å². The molecule has 1 aliphatic rings. The summed E-state index contributed by atoms with van der Waals surface area (Å²) in [6.07, 6.45) is 0.231. The first-order valence-electron chi connectivity index (χ1n) is 6.38. The van der Waals surface area contributed by atoms with Crippen LogP contribution < -0.4 is 0 Å². The first kappa shape index (κ1) is 13.8. The number of aromatic hydroxyl groups is 2. The van der Waals surface area contributed by atoms with Gasteiger partial charge in [-0.05, 0) is 32.0 Å². The van der Waals surface area contributed by atoms with Crippen molar-refractivity contribution >= 4 is 5.78 Å². The molecule has 2 atom stereocenters. The van der Waals surface area contributed by atoms with E-state index in [1.165, 1.54) is 18.2 Å². The zero-order valence-corrected chi connectivity index (χ0v) is 11.2. The van der Waals surface area contributed by atoms with Crippen LogP contribution in [-0.4, -0.2) is 52.7 Å². The Hall–Kier alpha value is -1.59. The van der Waals surface area contributed by atoms with Crippen molar-refractivity contribution in [3.05, 3.63) is 23.8 Å². The van der Waals surface area contributed by atoms with Gasteiger partial charge in [0.1, 0.15) is 0 Å². The van der Waals surface area contributed by atoms with Gasteiger partial charge in [-0.15, -0.1) is 0 Å². The van der Waals surface area contributed by atoms with Gasteiger partial charge in [0.2, 0.25) is 0 Å². The van der Waals surface area contributed by atoms with Crippen LogP contribution in [0, 0.1) is 0 Å². The summed E-state index contributed by atoms with van der Waals surface area (Å²) in [5, 5.41) is 18.6. The van der Waals surface area contributed by atoms with Crippen molar-refractivity contribution in [1.29, 1.82) is 0 Å². The topological polar surface area (TPSA) is 70.0 Å². The Kier molecular flexibility index (Phi) is 4.07. The van der Waals surface area contributed by atoms with E-state index in [4.69, 9.17) is 4.74 Å². The lowest BCUT2D eigenvalue weighted by atomic mass is 10.1. The van der Waals surface area contributed by atoms with E-state index in [9.17, 15) is 15.0 Å². The zero-order valence-electron chi connectivity index (χ0n) is 11.2. The second-order valence-corrected chi connectivity index (χ2v) is 5.08. The molecule has 0 saturated carbocycles. The molecular weight excluding hydrogens is 246 g/mol. The van der Waals surface area contributed by atoms with E-state index < -0.39 is 0 Å². The van der Waals surface area contributed by atoms with Gasteiger partial charge in [-0.1, -0.05) is 0 Å². The van der Waals surface area contributed by atoms with Gasteiger partial charge in [0.15, 0.2) is 17.3 Å². The number of phenolic OH excluding ortho intramolecular Hbond substituents is 2. The summed E-state index contributed by atoms with van der Waals surface area (Å²) < 4.78 is 5.61. The van der Waals surface area contributed by atoms with E-state index >= 15 is 0 Å². The number of carbonyl (C=O) groups is 1. The van der Waals surface area contributed by atoms with Gasteiger partial charge in [-0.3, -0.25) is 9.69 Å². The summed E-state index contributed by atoms with van der Waals surface area (Å²) in [6.45, 7) is 5.71. The molecule has 1 aromatic carbocycles. The number of nitrogens with zero attached hydrogens (tertiary/aromatic N) is 1. The maximum absolute atomic E-state index is 12.1. The average molecular weight is 265 g/mol. The number of rotatable bonds is 3. The quantitative estimate of drug-likeness (QED) is 0.638. The molecule has 0 bridgehead atoms. The number of morpholine rings is 1. The third-order valence-corrected chi connectivity index (χ3v) is 3.16. The van der Waals surface area contributed by atoms with E-state index in [-0.39, 0.29) is 29.5 Å². The molecular formula is C14H19NO4. The van der Waals surface area contributed by atoms with Crippen LogP contribution in [0.3, 0.4) is 0 Å². The Balaban J connectivity index is 2.02. The van der Waals surface area contributed by atoms with Crippen LogP contribution >= 0.6 is 0 Å². The summed E-state index contributed by atoms with van der Waals surface area (Å²) in [4.78, 5) is 14.2. The van der Waals surface area contributed by atoms with Crippen molar-refractivity contribution in [2.24, 2.45) is 0 Å². The SMILES string of the molecule is C[C@@H]1CN(CC(=O)c2ccc(O)c(O)c2)C[C@H](C)O1. The second kappa shape index (κ2) is 5.59. The van der Waals surface area contributed by atoms with Gasteiger partial charge in [0.25, 0.3) is 0 Å².